The van der Waals surface area contributed by atoms with Gasteiger partial charge in [-0.15, -0.1) is 0 Å². The van der Waals surface area contributed by atoms with Crippen LogP contribution in [0.4, 0.5) is 4.39 Å². The summed E-state index contributed by atoms with van der Waals surface area (Å²) in [5.74, 6) is -1.40. The van der Waals surface area contributed by atoms with Crippen LogP contribution in [-0.4, -0.2) is 47.6 Å². The monoisotopic (exact) mass is 439 g/mol. The summed E-state index contributed by atoms with van der Waals surface area (Å²) in [7, 11) is 0. The van der Waals surface area contributed by atoms with Gasteiger partial charge in [-0.25, -0.2) is 4.39 Å². The van der Waals surface area contributed by atoms with Crippen molar-refractivity contribution < 1.29 is 28.6 Å². The van der Waals surface area contributed by atoms with E-state index in [-0.39, 0.29) is 30.6 Å². The van der Waals surface area contributed by atoms with Gasteiger partial charge >= 0.3 is 0 Å². The Kier molecular flexibility index (Phi) is 6.28. The molecule has 1 fully saturated rings. The Labute approximate surface area is 186 Å². The van der Waals surface area contributed by atoms with Crippen molar-refractivity contribution in [2.75, 3.05) is 19.8 Å². The van der Waals surface area contributed by atoms with E-state index < -0.39 is 23.5 Å². The Morgan fingerprint density at radius 2 is 1.97 bits per heavy atom. The summed E-state index contributed by atoms with van der Waals surface area (Å²) in [6.45, 7) is 4.81. The molecular formula is C25H26FNO5. The molecule has 0 aliphatic carbocycles. The van der Waals surface area contributed by atoms with Crippen molar-refractivity contribution in [1.29, 1.82) is 0 Å². The minimum absolute atomic E-state index is 0.0113. The fourth-order valence-corrected chi connectivity index (χ4v) is 4.15. The quantitative estimate of drug-likeness (QED) is 0.418. The largest absolute Gasteiger partial charge is 0.507 e. The van der Waals surface area contributed by atoms with E-state index in [9.17, 15) is 19.1 Å². The molecule has 168 valence electrons. The van der Waals surface area contributed by atoms with Gasteiger partial charge in [-0.1, -0.05) is 12.1 Å². The highest BCUT2D eigenvalue weighted by molar-refractivity contribution is 6.46. The number of hydrogen-bond donors (Lipinski definition) is 1. The summed E-state index contributed by atoms with van der Waals surface area (Å²) < 4.78 is 24.8. The maximum atomic E-state index is 13.6. The predicted molar refractivity (Wildman–Crippen MR) is 117 cm³/mol. The molecule has 4 rings (SSSR count). The smallest absolute Gasteiger partial charge is 0.295 e. The van der Waals surface area contributed by atoms with Gasteiger partial charge < -0.3 is 19.5 Å². The minimum Gasteiger partial charge on any atom is -0.507 e. The number of nitrogens with zero attached hydrogens (tertiary/aromatic N) is 1. The van der Waals surface area contributed by atoms with Crippen molar-refractivity contribution in [1.82, 2.24) is 4.90 Å². The Morgan fingerprint density at radius 3 is 2.69 bits per heavy atom. The molecule has 7 heteroatoms. The lowest BCUT2D eigenvalue weighted by atomic mass is 9.94. The molecule has 2 aromatic carbocycles. The lowest BCUT2D eigenvalue weighted by molar-refractivity contribution is -0.140. The van der Waals surface area contributed by atoms with E-state index in [4.69, 9.17) is 9.47 Å². The number of rotatable bonds is 6. The second-order valence-corrected chi connectivity index (χ2v) is 8.24. The Balaban J connectivity index is 1.77. The molecule has 1 unspecified atom stereocenters. The van der Waals surface area contributed by atoms with E-state index in [1.165, 1.54) is 29.2 Å². The summed E-state index contributed by atoms with van der Waals surface area (Å²) in [6, 6.07) is 10.00. The van der Waals surface area contributed by atoms with Crippen molar-refractivity contribution in [3.05, 3.63) is 70.5 Å². The zero-order chi connectivity index (χ0) is 22.8. The summed E-state index contributed by atoms with van der Waals surface area (Å²) >= 11 is 0. The van der Waals surface area contributed by atoms with E-state index in [0.717, 1.165) is 24.2 Å². The number of amides is 1. The van der Waals surface area contributed by atoms with Crippen LogP contribution < -0.4 is 4.74 Å². The number of Topliss-reactive ketones (excluding diaryl/α,β-unsaturated/α-hetero) is 1. The van der Waals surface area contributed by atoms with Crippen LogP contribution in [0.2, 0.25) is 0 Å². The fourth-order valence-electron chi connectivity index (χ4n) is 4.15. The summed E-state index contributed by atoms with van der Waals surface area (Å²) in [4.78, 5) is 27.3. The average molecular weight is 439 g/mol. The third kappa shape index (κ3) is 4.25. The number of carbonyl (C=O) groups excluding carboxylic acids is 2. The Morgan fingerprint density at radius 1 is 1.22 bits per heavy atom. The van der Waals surface area contributed by atoms with Crippen LogP contribution in [-0.2, 0) is 20.7 Å². The number of benzene rings is 2. The minimum atomic E-state index is -0.835. The van der Waals surface area contributed by atoms with Crippen molar-refractivity contribution in [3.63, 3.8) is 0 Å². The number of aryl methyl sites for hydroxylation is 1. The number of carbonyl (C=O) groups is 2. The lowest BCUT2D eigenvalue weighted by Crippen LogP contribution is -2.33. The molecule has 0 bridgehead atoms. The number of aliphatic hydroxyl groups excluding tert-OH is 1. The lowest BCUT2D eigenvalue weighted by Gasteiger charge is -2.26. The van der Waals surface area contributed by atoms with Gasteiger partial charge in [-0.3, -0.25) is 9.59 Å². The van der Waals surface area contributed by atoms with Crippen LogP contribution in [0.1, 0.15) is 43.0 Å². The molecule has 1 N–H and O–H groups in total. The normalized spacial score (nSPS) is 19.9. The molecular weight excluding hydrogens is 413 g/mol. The van der Waals surface area contributed by atoms with Crippen LogP contribution in [0.15, 0.2) is 48.0 Å². The Hall–Kier alpha value is -3.19. The molecule has 0 radical (unpaired) electrons. The van der Waals surface area contributed by atoms with Crippen LogP contribution in [0.5, 0.6) is 5.75 Å². The SMILES string of the molecule is CC(C)OCCN1C(=O)C(=O)/C(=C(\O)c2ccc3c(c2)CCCO3)C1c1ccc(F)cc1. The first-order valence-electron chi connectivity index (χ1n) is 10.8. The van der Waals surface area contributed by atoms with E-state index in [0.29, 0.717) is 17.7 Å². The Bertz CT molecular complexity index is 1060. The third-order valence-corrected chi connectivity index (χ3v) is 5.69. The molecule has 1 saturated heterocycles. The second-order valence-electron chi connectivity index (χ2n) is 8.24. The molecule has 1 amide bonds. The highest BCUT2D eigenvalue weighted by atomic mass is 19.1. The number of halogens is 1. The predicted octanol–water partition coefficient (Wildman–Crippen LogP) is 4.00. The summed E-state index contributed by atoms with van der Waals surface area (Å²) in [5, 5.41) is 11.2. The maximum Gasteiger partial charge on any atom is 0.295 e. The molecule has 2 aliphatic heterocycles. The van der Waals surface area contributed by atoms with Gasteiger partial charge in [0.25, 0.3) is 11.7 Å². The number of fused-ring (bicyclic) bond motifs is 1. The van der Waals surface area contributed by atoms with Crippen LogP contribution >= 0.6 is 0 Å². The van der Waals surface area contributed by atoms with Gasteiger partial charge in [-0.05, 0) is 68.1 Å². The first-order chi connectivity index (χ1) is 15.4. The molecule has 0 spiro atoms. The molecule has 0 aromatic heterocycles. The van der Waals surface area contributed by atoms with Gasteiger partial charge in [0.2, 0.25) is 0 Å². The van der Waals surface area contributed by atoms with Crippen molar-refractivity contribution in [2.45, 2.75) is 38.8 Å². The summed E-state index contributed by atoms with van der Waals surface area (Å²) in [5.41, 5.74) is 1.91. The maximum absolute atomic E-state index is 13.6. The molecule has 0 saturated carbocycles. The van der Waals surface area contributed by atoms with Gasteiger partial charge in [-0.2, -0.15) is 0 Å². The first kappa shape index (κ1) is 22.0. The van der Waals surface area contributed by atoms with E-state index in [2.05, 4.69) is 0 Å². The van der Waals surface area contributed by atoms with Crippen molar-refractivity contribution >= 4 is 17.4 Å². The number of likely N-dealkylation sites (tertiary alicyclic amines) is 1. The zero-order valence-corrected chi connectivity index (χ0v) is 18.1. The third-order valence-electron chi connectivity index (χ3n) is 5.69. The van der Waals surface area contributed by atoms with Crippen molar-refractivity contribution in [3.8, 4) is 5.75 Å². The highest BCUT2D eigenvalue weighted by Gasteiger charge is 2.46. The number of hydrogen-bond acceptors (Lipinski definition) is 5. The number of ketones is 1. The van der Waals surface area contributed by atoms with Gasteiger partial charge in [0, 0.05) is 12.1 Å². The van der Waals surface area contributed by atoms with E-state index in [1.807, 2.05) is 13.8 Å². The van der Waals surface area contributed by atoms with Crippen LogP contribution in [0.25, 0.3) is 5.76 Å². The van der Waals surface area contributed by atoms with Gasteiger partial charge in [0.15, 0.2) is 0 Å². The average Bonchev–Trinajstić information content (AvgIpc) is 3.03. The number of ether oxygens (including phenoxy) is 2. The molecule has 1 atom stereocenters. The van der Waals surface area contributed by atoms with E-state index in [1.54, 1.807) is 18.2 Å². The molecule has 6 nitrogen and oxygen atoms in total. The molecule has 2 aromatic rings. The van der Waals surface area contributed by atoms with Gasteiger partial charge in [0.05, 0.1) is 30.9 Å². The molecule has 2 heterocycles. The topological polar surface area (TPSA) is 76.1 Å². The molecule has 32 heavy (non-hydrogen) atoms. The first-order valence-corrected chi connectivity index (χ1v) is 10.8. The van der Waals surface area contributed by atoms with E-state index >= 15 is 0 Å². The highest BCUT2D eigenvalue weighted by Crippen LogP contribution is 2.40. The van der Waals surface area contributed by atoms with Gasteiger partial charge in [0.1, 0.15) is 17.3 Å². The molecule has 2 aliphatic rings. The summed E-state index contributed by atoms with van der Waals surface area (Å²) in [6.07, 6.45) is 1.64. The standard InChI is InChI=1S/C25H26FNO5/c1-15(2)31-13-11-27-22(16-5-8-19(26)9-6-16)21(24(29)25(27)30)23(28)18-7-10-20-17(14-18)4-3-12-32-20/h5-10,14-15,22,28H,3-4,11-13H2,1-2H3/b23-21-. The van der Waals surface area contributed by atoms with Crippen LogP contribution in [0.3, 0.4) is 0 Å². The van der Waals surface area contributed by atoms with Crippen molar-refractivity contribution in [2.24, 2.45) is 0 Å². The fraction of sp³-hybridized carbons (Fsp3) is 0.360. The zero-order valence-electron chi connectivity index (χ0n) is 18.1. The van der Waals surface area contributed by atoms with Crippen LogP contribution in [0, 0.1) is 5.82 Å². The second kappa shape index (κ2) is 9.12. The number of aliphatic hydroxyl groups is 1.